The average Bonchev–Trinajstić information content (AvgIpc) is 2.14. The van der Waals surface area contributed by atoms with E-state index in [9.17, 15) is 18.4 Å². The van der Waals surface area contributed by atoms with Gasteiger partial charge in [-0.3, -0.25) is 9.59 Å². The molecule has 0 saturated heterocycles. The molecule has 7 heteroatoms. The maximum absolute atomic E-state index is 12.5. The molecule has 0 radical (unpaired) electrons. The van der Waals surface area contributed by atoms with E-state index in [2.05, 4.69) is 20.9 Å². The summed E-state index contributed by atoms with van der Waals surface area (Å²) in [5.41, 5.74) is -1.50. The number of rotatable bonds is 4. The SMILES string of the molecule is O=C(O)Cc1cc(CBr)[nH]c(=O)c1C(F)F. The van der Waals surface area contributed by atoms with Crippen LogP contribution in [0.25, 0.3) is 0 Å². The molecule has 1 rings (SSSR count). The molecule has 0 fully saturated rings. The lowest BCUT2D eigenvalue weighted by molar-refractivity contribution is -0.136. The van der Waals surface area contributed by atoms with Crippen LogP contribution in [0, 0.1) is 0 Å². The van der Waals surface area contributed by atoms with E-state index in [0.717, 1.165) is 0 Å². The first-order valence-electron chi connectivity index (χ1n) is 4.26. The second-order valence-electron chi connectivity index (χ2n) is 3.07. The molecular weight excluding hydrogens is 288 g/mol. The highest BCUT2D eigenvalue weighted by Crippen LogP contribution is 2.20. The summed E-state index contributed by atoms with van der Waals surface area (Å²) in [6.45, 7) is 0. The minimum absolute atomic E-state index is 0.152. The fraction of sp³-hybridized carbons (Fsp3) is 0.333. The number of hydrogen-bond donors (Lipinski definition) is 2. The van der Waals surface area contributed by atoms with Crippen molar-refractivity contribution < 1.29 is 18.7 Å². The van der Waals surface area contributed by atoms with E-state index in [1.165, 1.54) is 6.07 Å². The number of aliphatic carboxylic acids is 1. The monoisotopic (exact) mass is 295 g/mol. The van der Waals surface area contributed by atoms with E-state index in [1.54, 1.807) is 0 Å². The van der Waals surface area contributed by atoms with Crippen LogP contribution in [-0.4, -0.2) is 16.1 Å². The Labute approximate surface area is 97.4 Å². The van der Waals surface area contributed by atoms with Gasteiger partial charge < -0.3 is 10.1 Å². The minimum atomic E-state index is -2.98. The van der Waals surface area contributed by atoms with Crippen LogP contribution in [0.5, 0.6) is 0 Å². The minimum Gasteiger partial charge on any atom is -0.481 e. The summed E-state index contributed by atoms with van der Waals surface area (Å²) in [6.07, 6.45) is -3.58. The summed E-state index contributed by atoms with van der Waals surface area (Å²) >= 11 is 3.05. The molecule has 0 spiro atoms. The molecule has 0 saturated carbocycles. The zero-order valence-electron chi connectivity index (χ0n) is 7.97. The molecule has 0 amide bonds. The Hall–Kier alpha value is -1.24. The van der Waals surface area contributed by atoms with Gasteiger partial charge in [-0.05, 0) is 11.6 Å². The highest BCUT2D eigenvalue weighted by molar-refractivity contribution is 9.08. The molecule has 4 nitrogen and oxygen atoms in total. The fourth-order valence-electron chi connectivity index (χ4n) is 1.30. The molecule has 0 aliphatic heterocycles. The van der Waals surface area contributed by atoms with E-state index in [-0.39, 0.29) is 10.9 Å². The smallest absolute Gasteiger partial charge is 0.307 e. The highest BCUT2D eigenvalue weighted by atomic mass is 79.9. The van der Waals surface area contributed by atoms with Gasteiger partial charge >= 0.3 is 5.97 Å². The predicted octanol–water partition coefficient (Wildman–Crippen LogP) is 1.83. The van der Waals surface area contributed by atoms with Gasteiger partial charge in [0.2, 0.25) is 0 Å². The first-order valence-corrected chi connectivity index (χ1v) is 5.38. The molecule has 0 aliphatic rings. The molecule has 1 aromatic rings. The summed E-state index contributed by atoms with van der Waals surface area (Å²) in [6, 6.07) is 1.26. The van der Waals surface area contributed by atoms with Crippen molar-refractivity contribution in [2.75, 3.05) is 0 Å². The Balaban J connectivity index is 3.34. The number of carboxylic acids is 1. The molecule has 0 bridgehead atoms. The number of H-pyrrole nitrogens is 1. The van der Waals surface area contributed by atoms with E-state index in [0.29, 0.717) is 5.69 Å². The van der Waals surface area contributed by atoms with Gasteiger partial charge in [-0.15, -0.1) is 0 Å². The first kappa shape index (κ1) is 12.8. The lowest BCUT2D eigenvalue weighted by atomic mass is 10.1. The number of carbonyl (C=O) groups is 1. The van der Waals surface area contributed by atoms with E-state index in [4.69, 9.17) is 5.11 Å². The van der Waals surface area contributed by atoms with Gasteiger partial charge in [-0.1, -0.05) is 15.9 Å². The zero-order chi connectivity index (χ0) is 12.3. The van der Waals surface area contributed by atoms with Crippen LogP contribution in [-0.2, 0) is 16.5 Å². The zero-order valence-corrected chi connectivity index (χ0v) is 9.55. The van der Waals surface area contributed by atoms with Crippen molar-refractivity contribution in [2.24, 2.45) is 0 Å². The largest absolute Gasteiger partial charge is 0.481 e. The van der Waals surface area contributed by atoms with Crippen molar-refractivity contribution in [2.45, 2.75) is 18.2 Å². The van der Waals surface area contributed by atoms with Gasteiger partial charge in [0.15, 0.2) is 0 Å². The summed E-state index contributed by atoms with van der Waals surface area (Å²) in [5, 5.41) is 8.82. The first-order chi connectivity index (χ1) is 7.45. The summed E-state index contributed by atoms with van der Waals surface area (Å²) < 4.78 is 25.1. The molecule has 1 aromatic heterocycles. The van der Waals surface area contributed by atoms with Crippen molar-refractivity contribution in [1.29, 1.82) is 0 Å². The number of alkyl halides is 3. The van der Waals surface area contributed by atoms with Crippen molar-refractivity contribution in [1.82, 2.24) is 4.98 Å². The number of hydrogen-bond acceptors (Lipinski definition) is 2. The normalized spacial score (nSPS) is 10.8. The standard InChI is InChI=1S/C9H8BrF2NO3/c10-3-5-1-4(2-6(14)15)7(8(11)12)9(16)13-5/h1,8H,2-3H2,(H,13,16)(H,14,15). The van der Waals surface area contributed by atoms with Crippen LogP contribution >= 0.6 is 15.9 Å². The van der Waals surface area contributed by atoms with Crippen LogP contribution in [0.1, 0.15) is 23.2 Å². The topological polar surface area (TPSA) is 70.2 Å². The van der Waals surface area contributed by atoms with Crippen LogP contribution in [0.2, 0.25) is 0 Å². The maximum Gasteiger partial charge on any atom is 0.307 e. The molecule has 88 valence electrons. The van der Waals surface area contributed by atoms with Gasteiger partial charge in [-0.25, -0.2) is 8.78 Å². The van der Waals surface area contributed by atoms with E-state index < -0.39 is 29.9 Å². The highest BCUT2D eigenvalue weighted by Gasteiger charge is 2.20. The fourth-order valence-corrected chi connectivity index (χ4v) is 1.61. The summed E-state index contributed by atoms with van der Waals surface area (Å²) in [4.78, 5) is 24.0. The number of carboxylic acid groups (broad SMARTS) is 1. The van der Waals surface area contributed by atoms with Crippen LogP contribution in [0.15, 0.2) is 10.9 Å². The Kier molecular flexibility index (Phi) is 4.17. The average molecular weight is 296 g/mol. The van der Waals surface area contributed by atoms with Gasteiger partial charge in [0.25, 0.3) is 12.0 Å². The molecule has 0 aromatic carbocycles. The third-order valence-corrected chi connectivity index (χ3v) is 2.52. The summed E-state index contributed by atoms with van der Waals surface area (Å²) in [5.74, 6) is -1.26. The summed E-state index contributed by atoms with van der Waals surface area (Å²) in [7, 11) is 0. The van der Waals surface area contributed by atoms with Crippen molar-refractivity contribution >= 4 is 21.9 Å². The number of halogens is 3. The molecule has 1 heterocycles. The lowest BCUT2D eigenvalue weighted by Crippen LogP contribution is -2.19. The van der Waals surface area contributed by atoms with E-state index in [1.807, 2.05) is 0 Å². The van der Waals surface area contributed by atoms with Crippen molar-refractivity contribution in [3.8, 4) is 0 Å². The van der Waals surface area contributed by atoms with E-state index >= 15 is 0 Å². The maximum atomic E-state index is 12.5. The predicted molar refractivity (Wildman–Crippen MR) is 56.0 cm³/mol. The van der Waals surface area contributed by atoms with Gasteiger partial charge in [0.1, 0.15) is 0 Å². The van der Waals surface area contributed by atoms with Crippen LogP contribution in [0.4, 0.5) is 8.78 Å². The molecular formula is C9H8BrF2NO3. The van der Waals surface area contributed by atoms with Crippen LogP contribution < -0.4 is 5.56 Å². The Morgan fingerprint density at radius 1 is 1.56 bits per heavy atom. The Bertz CT molecular complexity index is 459. The second-order valence-corrected chi connectivity index (χ2v) is 3.63. The number of nitrogens with one attached hydrogen (secondary N) is 1. The number of aromatic amines is 1. The number of pyridine rings is 1. The Morgan fingerprint density at radius 3 is 2.62 bits per heavy atom. The quantitative estimate of drug-likeness (QED) is 0.833. The van der Waals surface area contributed by atoms with Gasteiger partial charge in [0.05, 0.1) is 12.0 Å². The second kappa shape index (κ2) is 5.20. The van der Waals surface area contributed by atoms with Crippen molar-refractivity contribution in [3.63, 3.8) is 0 Å². The molecule has 0 aliphatic carbocycles. The third kappa shape index (κ3) is 2.88. The lowest BCUT2D eigenvalue weighted by Gasteiger charge is -2.07. The molecule has 0 unspecified atom stereocenters. The van der Waals surface area contributed by atoms with Crippen molar-refractivity contribution in [3.05, 3.63) is 33.2 Å². The van der Waals surface area contributed by atoms with Gasteiger partial charge in [-0.2, -0.15) is 0 Å². The third-order valence-electron chi connectivity index (χ3n) is 1.92. The number of aromatic nitrogens is 1. The van der Waals surface area contributed by atoms with Gasteiger partial charge in [0, 0.05) is 11.0 Å². The van der Waals surface area contributed by atoms with Crippen LogP contribution in [0.3, 0.4) is 0 Å². The molecule has 16 heavy (non-hydrogen) atoms. The molecule has 2 N–H and O–H groups in total. The Morgan fingerprint density at radius 2 is 2.19 bits per heavy atom. The molecule has 0 atom stereocenters.